The number of ether oxygens (including phenoxy) is 1. The summed E-state index contributed by atoms with van der Waals surface area (Å²) in [7, 11) is 3.12. The van der Waals surface area contributed by atoms with Gasteiger partial charge < -0.3 is 25.2 Å². The summed E-state index contributed by atoms with van der Waals surface area (Å²) in [6.45, 7) is 0.150. The molecule has 8 heteroatoms. The molecule has 1 atom stereocenters. The summed E-state index contributed by atoms with van der Waals surface area (Å²) in [5, 5.41) is 5.39. The SMILES string of the molecule is COc1cccc(NC(=O)NC2C(=O)N(C)c3ccccc3C(=O)N2Cc2ccccc2)c1. The lowest BCUT2D eigenvalue weighted by Gasteiger charge is -2.30. The number of fused-ring (bicyclic) bond motifs is 1. The smallest absolute Gasteiger partial charge is 0.321 e. The summed E-state index contributed by atoms with van der Waals surface area (Å²) >= 11 is 0. The van der Waals surface area contributed by atoms with Crippen LogP contribution < -0.4 is 20.3 Å². The average Bonchev–Trinajstić information content (AvgIpc) is 2.91. The van der Waals surface area contributed by atoms with Crippen LogP contribution in [0.4, 0.5) is 16.2 Å². The van der Waals surface area contributed by atoms with Crippen LogP contribution in [0.3, 0.4) is 0 Å². The van der Waals surface area contributed by atoms with Gasteiger partial charge in [0.15, 0.2) is 6.17 Å². The standard InChI is InChI=1S/C25H24N4O4/c1-28-21-14-7-6-13-20(21)23(30)29(16-17-9-4-3-5-10-17)22(24(28)31)27-25(32)26-18-11-8-12-19(15-18)33-2/h3-15,22H,16H2,1-2H3,(H2,26,27,32). The van der Waals surface area contributed by atoms with E-state index in [2.05, 4.69) is 10.6 Å². The number of amides is 4. The zero-order chi connectivity index (χ0) is 23.4. The minimum Gasteiger partial charge on any atom is -0.497 e. The molecule has 1 aliphatic heterocycles. The van der Waals surface area contributed by atoms with Crippen molar-refractivity contribution in [2.24, 2.45) is 0 Å². The Kier molecular flexibility index (Phi) is 6.26. The van der Waals surface area contributed by atoms with Crippen LogP contribution in [0.15, 0.2) is 78.9 Å². The van der Waals surface area contributed by atoms with E-state index in [0.29, 0.717) is 22.7 Å². The summed E-state index contributed by atoms with van der Waals surface area (Å²) in [4.78, 5) is 42.6. The molecule has 168 valence electrons. The molecule has 33 heavy (non-hydrogen) atoms. The van der Waals surface area contributed by atoms with Gasteiger partial charge in [-0.3, -0.25) is 9.59 Å². The third kappa shape index (κ3) is 4.64. The van der Waals surface area contributed by atoms with Crippen molar-refractivity contribution >= 4 is 29.2 Å². The van der Waals surface area contributed by atoms with Crippen LogP contribution in [-0.4, -0.2) is 43.1 Å². The number of benzene rings is 3. The van der Waals surface area contributed by atoms with Crippen molar-refractivity contribution in [1.29, 1.82) is 0 Å². The second-order valence-corrected chi connectivity index (χ2v) is 7.57. The fourth-order valence-corrected chi connectivity index (χ4v) is 3.73. The van der Waals surface area contributed by atoms with Crippen LogP contribution in [0.2, 0.25) is 0 Å². The number of nitrogens with zero attached hydrogens (tertiary/aromatic N) is 2. The predicted molar refractivity (Wildman–Crippen MR) is 125 cm³/mol. The number of hydrogen-bond donors (Lipinski definition) is 2. The molecule has 0 bridgehead atoms. The van der Waals surface area contributed by atoms with Crippen molar-refractivity contribution in [3.8, 4) is 5.75 Å². The highest BCUT2D eigenvalue weighted by Gasteiger charge is 2.39. The van der Waals surface area contributed by atoms with Gasteiger partial charge in [0.25, 0.3) is 11.8 Å². The fourth-order valence-electron chi connectivity index (χ4n) is 3.73. The van der Waals surface area contributed by atoms with Gasteiger partial charge in [0.2, 0.25) is 0 Å². The number of rotatable bonds is 5. The summed E-state index contributed by atoms with van der Waals surface area (Å²) in [5.41, 5.74) is 2.20. The van der Waals surface area contributed by atoms with Crippen LogP contribution in [0.5, 0.6) is 5.75 Å². The molecule has 1 aliphatic rings. The van der Waals surface area contributed by atoms with Crippen molar-refractivity contribution in [3.05, 3.63) is 90.0 Å². The van der Waals surface area contributed by atoms with Crippen molar-refractivity contribution in [2.45, 2.75) is 12.7 Å². The van der Waals surface area contributed by atoms with Crippen molar-refractivity contribution in [1.82, 2.24) is 10.2 Å². The molecular formula is C25H24N4O4. The first-order valence-corrected chi connectivity index (χ1v) is 10.4. The molecule has 0 saturated heterocycles. The van der Waals surface area contributed by atoms with Gasteiger partial charge in [0.05, 0.1) is 18.4 Å². The highest BCUT2D eigenvalue weighted by Crippen LogP contribution is 2.27. The van der Waals surface area contributed by atoms with Gasteiger partial charge in [-0.2, -0.15) is 0 Å². The van der Waals surface area contributed by atoms with E-state index in [-0.39, 0.29) is 12.5 Å². The molecule has 3 aromatic carbocycles. The molecule has 0 radical (unpaired) electrons. The number of para-hydroxylation sites is 1. The quantitative estimate of drug-likeness (QED) is 0.631. The van der Waals surface area contributed by atoms with Gasteiger partial charge >= 0.3 is 6.03 Å². The molecule has 3 aromatic rings. The molecule has 1 unspecified atom stereocenters. The number of nitrogens with one attached hydrogen (secondary N) is 2. The number of urea groups is 1. The van der Waals surface area contributed by atoms with E-state index >= 15 is 0 Å². The lowest BCUT2D eigenvalue weighted by molar-refractivity contribution is -0.123. The zero-order valence-electron chi connectivity index (χ0n) is 18.3. The highest BCUT2D eigenvalue weighted by atomic mass is 16.5. The third-order valence-electron chi connectivity index (χ3n) is 5.42. The molecule has 0 saturated carbocycles. The molecule has 4 rings (SSSR count). The zero-order valence-corrected chi connectivity index (χ0v) is 18.3. The first kappa shape index (κ1) is 21.9. The minimum absolute atomic E-state index is 0.150. The Morgan fingerprint density at radius 3 is 2.45 bits per heavy atom. The predicted octanol–water partition coefficient (Wildman–Crippen LogP) is 3.46. The second kappa shape index (κ2) is 9.44. The molecule has 8 nitrogen and oxygen atoms in total. The maximum atomic E-state index is 13.5. The maximum absolute atomic E-state index is 13.5. The molecule has 4 amide bonds. The number of hydrogen-bond acceptors (Lipinski definition) is 4. The van der Waals surface area contributed by atoms with E-state index in [1.54, 1.807) is 55.6 Å². The number of methoxy groups -OCH3 is 1. The van der Waals surface area contributed by atoms with Gasteiger partial charge in [0, 0.05) is 25.3 Å². The van der Waals surface area contributed by atoms with Crippen molar-refractivity contribution < 1.29 is 19.1 Å². The van der Waals surface area contributed by atoms with E-state index < -0.39 is 18.1 Å². The summed E-state index contributed by atoms with van der Waals surface area (Å²) in [6, 6.07) is 22.5. The van der Waals surface area contributed by atoms with Crippen molar-refractivity contribution in [3.63, 3.8) is 0 Å². The van der Waals surface area contributed by atoms with Gasteiger partial charge in [-0.05, 0) is 29.8 Å². The Labute approximate surface area is 191 Å². The van der Waals surface area contributed by atoms with E-state index in [1.807, 2.05) is 30.3 Å². The molecule has 0 fully saturated rings. The summed E-state index contributed by atoms with van der Waals surface area (Å²) in [5.74, 6) is -0.196. The van der Waals surface area contributed by atoms with E-state index in [4.69, 9.17) is 4.74 Å². The first-order valence-electron chi connectivity index (χ1n) is 10.4. The van der Waals surface area contributed by atoms with Gasteiger partial charge in [-0.25, -0.2) is 4.79 Å². The van der Waals surface area contributed by atoms with Gasteiger partial charge in [-0.15, -0.1) is 0 Å². The molecule has 2 N–H and O–H groups in total. The average molecular weight is 444 g/mol. The maximum Gasteiger partial charge on any atom is 0.321 e. The van der Waals surface area contributed by atoms with E-state index in [0.717, 1.165) is 5.56 Å². The normalized spacial score (nSPS) is 15.5. The highest BCUT2D eigenvalue weighted by molar-refractivity contribution is 6.11. The van der Waals surface area contributed by atoms with Crippen LogP contribution in [0, 0.1) is 0 Å². The molecule has 1 heterocycles. The lowest BCUT2D eigenvalue weighted by atomic mass is 10.1. The number of carbonyl (C=O) groups is 3. The Morgan fingerprint density at radius 1 is 0.970 bits per heavy atom. The number of carbonyl (C=O) groups excluding carboxylic acids is 3. The molecule has 0 aromatic heterocycles. The van der Waals surface area contributed by atoms with Gasteiger partial charge in [-0.1, -0.05) is 48.5 Å². The molecule has 0 aliphatic carbocycles. The Morgan fingerprint density at radius 2 is 1.70 bits per heavy atom. The van der Waals surface area contributed by atoms with Gasteiger partial charge in [0.1, 0.15) is 5.75 Å². The van der Waals surface area contributed by atoms with Crippen LogP contribution in [0.25, 0.3) is 0 Å². The minimum atomic E-state index is -1.21. The number of likely N-dealkylation sites (N-methyl/N-ethyl adjacent to an activating group) is 1. The second-order valence-electron chi connectivity index (χ2n) is 7.57. The number of anilines is 2. The lowest BCUT2D eigenvalue weighted by Crippen LogP contribution is -2.57. The van der Waals surface area contributed by atoms with Crippen LogP contribution >= 0.6 is 0 Å². The Bertz CT molecular complexity index is 1180. The molecule has 0 spiro atoms. The Balaban J connectivity index is 1.66. The van der Waals surface area contributed by atoms with E-state index in [1.165, 1.54) is 16.9 Å². The topological polar surface area (TPSA) is 91.0 Å². The van der Waals surface area contributed by atoms with E-state index in [9.17, 15) is 14.4 Å². The molecular weight excluding hydrogens is 420 g/mol. The van der Waals surface area contributed by atoms with Crippen LogP contribution in [0.1, 0.15) is 15.9 Å². The monoisotopic (exact) mass is 444 g/mol. The van der Waals surface area contributed by atoms with Crippen molar-refractivity contribution in [2.75, 3.05) is 24.4 Å². The summed E-state index contributed by atoms with van der Waals surface area (Å²) < 4.78 is 5.18. The third-order valence-corrected chi connectivity index (χ3v) is 5.42. The first-order chi connectivity index (χ1) is 16.0. The largest absolute Gasteiger partial charge is 0.497 e. The summed E-state index contributed by atoms with van der Waals surface area (Å²) in [6.07, 6.45) is -1.21. The fraction of sp³-hybridized carbons (Fsp3) is 0.160. The van der Waals surface area contributed by atoms with Crippen LogP contribution in [-0.2, 0) is 11.3 Å². The Hall–Kier alpha value is -4.33.